The van der Waals surface area contributed by atoms with Crippen molar-refractivity contribution < 1.29 is 16.8 Å². The van der Waals surface area contributed by atoms with Gasteiger partial charge in [-0.05, 0) is 43.9 Å². The Labute approximate surface area is 174 Å². The second-order valence-electron chi connectivity index (χ2n) is 7.75. The van der Waals surface area contributed by atoms with Crippen molar-refractivity contribution in [2.45, 2.75) is 32.2 Å². The average Bonchev–Trinajstić information content (AvgIpc) is 3.00. The highest BCUT2D eigenvalue weighted by Crippen LogP contribution is 2.38. The van der Waals surface area contributed by atoms with Crippen LogP contribution in [0.5, 0.6) is 0 Å². The summed E-state index contributed by atoms with van der Waals surface area (Å²) in [6.45, 7) is 1.67. The maximum Gasteiger partial charge on any atom is 0.326 e. The first kappa shape index (κ1) is 20.7. The van der Waals surface area contributed by atoms with Crippen LogP contribution in [-0.4, -0.2) is 48.7 Å². The van der Waals surface area contributed by atoms with Gasteiger partial charge < -0.3 is 4.98 Å². The molecule has 0 aliphatic heterocycles. The molecular formula is C18H23N5O5S2. The summed E-state index contributed by atoms with van der Waals surface area (Å²) < 4.78 is 52.8. The Balaban J connectivity index is 1.96. The van der Waals surface area contributed by atoms with E-state index >= 15 is 0 Å². The highest BCUT2D eigenvalue weighted by atomic mass is 32.3. The molecule has 0 radical (unpaired) electrons. The zero-order valence-electron chi connectivity index (χ0n) is 17.1. The van der Waals surface area contributed by atoms with Crippen LogP contribution in [0.1, 0.15) is 31.0 Å². The van der Waals surface area contributed by atoms with Gasteiger partial charge in [0, 0.05) is 18.7 Å². The Bertz CT molecular complexity index is 1390. The number of H-pyrrole nitrogens is 1. The van der Waals surface area contributed by atoms with Crippen molar-refractivity contribution in [1.29, 1.82) is 0 Å². The highest BCUT2D eigenvalue weighted by molar-refractivity contribution is 8.09. The third-order valence-corrected chi connectivity index (χ3v) is 8.59. The number of sulfonamides is 2. The molecule has 1 aliphatic carbocycles. The van der Waals surface area contributed by atoms with Gasteiger partial charge in [0.25, 0.3) is 0 Å². The quantitative estimate of drug-likeness (QED) is 0.623. The molecule has 1 aromatic carbocycles. The molecule has 0 unspecified atom stereocenters. The smallest absolute Gasteiger partial charge is 0.306 e. The predicted molar refractivity (Wildman–Crippen MR) is 115 cm³/mol. The number of aromatic nitrogens is 4. The molecule has 30 heavy (non-hydrogen) atoms. The van der Waals surface area contributed by atoms with E-state index in [1.165, 1.54) is 11.7 Å². The molecule has 3 aromatic rings. The minimum absolute atomic E-state index is 0.0716. The molecule has 2 heterocycles. The zero-order chi connectivity index (χ0) is 22.0. The highest BCUT2D eigenvalue weighted by Gasteiger charge is 2.34. The number of imidazole rings is 1. The Morgan fingerprint density at radius 2 is 1.77 bits per heavy atom. The van der Waals surface area contributed by atoms with Crippen molar-refractivity contribution in [2.75, 3.05) is 16.2 Å². The van der Waals surface area contributed by atoms with Gasteiger partial charge in [0.15, 0.2) is 5.82 Å². The summed E-state index contributed by atoms with van der Waals surface area (Å²) in [4.78, 5) is 15.3. The maximum absolute atomic E-state index is 12.5. The third kappa shape index (κ3) is 3.23. The summed E-state index contributed by atoms with van der Waals surface area (Å²) in [6, 6.07) is 5.45. The third-order valence-electron chi connectivity index (χ3n) is 5.41. The average molecular weight is 454 g/mol. The SMILES string of the molecule is Cc1nn(C)c(N(S(C)(=O)=O)S(C)(=O)=O)c1-c1ccc2c(c1)[nH]c(=O)n2C1CCC1. The van der Waals surface area contributed by atoms with Crippen LogP contribution in [0.4, 0.5) is 5.82 Å². The summed E-state index contributed by atoms with van der Waals surface area (Å²) in [6.07, 6.45) is 4.67. The summed E-state index contributed by atoms with van der Waals surface area (Å²) in [5.41, 5.74) is 2.56. The molecule has 1 aliphatic rings. The van der Waals surface area contributed by atoms with Crippen LogP contribution in [0, 0.1) is 6.92 Å². The number of hydrogen-bond donors (Lipinski definition) is 1. The van der Waals surface area contributed by atoms with Crippen molar-refractivity contribution in [3.05, 3.63) is 34.4 Å². The van der Waals surface area contributed by atoms with Gasteiger partial charge >= 0.3 is 5.69 Å². The molecule has 0 atom stereocenters. The molecule has 0 spiro atoms. The zero-order valence-corrected chi connectivity index (χ0v) is 18.7. The fourth-order valence-electron chi connectivity index (χ4n) is 4.05. The Kier molecular flexibility index (Phi) is 4.62. The van der Waals surface area contributed by atoms with Crippen LogP contribution >= 0.6 is 0 Å². The fourth-order valence-corrected chi connectivity index (χ4v) is 7.06. The van der Waals surface area contributed by atoms with Crippen LogP contribution in [0.3, 0.4) is 0 Å². The second-order valence-corrected chi connectivity index (χ2v) is 11.6. The molecule has 2 aromatic heterocycles. The Morgan fingerprint density at radius 1 is 1.13 bits per heavy atom. The van der Waals surface area contributed by atoms with Crippen LogP contribution in [0.15, 0.2) is 23.0 Å². The van der Waals surface area contributed by atoms with E-state index in [9.17, 15) is 21.6 Å². The molecule has 1 N–H and O–H groups in total. The van der Waals surface area contributed by atoms with Gasteiger partial charge in [-0.25, -0.2) is 21.6 Å². The van der Waals surface area contributed by atoms with Gasteiger partial charge in [0.05, 0.1) is 29.2 Å². The lowest BCUT2D eigenvalue weighted by Crippen LogP contribution is -2.37. The molecule has 12 heteroatoms. The minimum Gasteiger partial charge on any atom is -0.306 e. The van der Waals surface area contributed by atoms with E-state index in [-0.39, 0.29) is 17.5 Å². The van der Waals surface area contributed by atoms with Crippen molar-refractivity contribution in [1.82, 2.24) is 19.3 Å². The lowest BCUT2D eigenvalue weighted by Gasteiger charge is -2.26. The van der Waals surface area contributed by atoms with Gasteiger partial charge in [-0.15, -0.1) is 3.71 Å². The summed E-state index contributed by atoms with van der Waals surface area (Å²) in [5, 5.41) is 4.26. The van der Waals surface area contributed by atoms with Crippen LogP contribution in [-0.2, 0) is 27.1 Å². The molecular weight excluding hydrogens is 430 g/mol. The maximum atomic E-state index is 12.5. The Hall–Kier alpha value is -2.60. The summed E-state index contributed by atoms with van der Waals surface area (Å²) >= 11 is 0. The first-order chi connectivity index (χ1) is 13.9. The number of nitrogens with one attached hydrogen (secondary N) is 1. The first-order valence-corrected chi connectivity index (χ1v) is 13.1. The summed E-state index contributed by atoms with van der Waals surface area (Å²) in [5.74, 6) is -0.0716. The van der Waals surface area contributed by atoms with Gasteiger partial charge in [-0.1, -0.05) is 6.07 Å². The van der Waals surface area contributed by atoms with Crippen molar-refractivity contribution >= 4 is 36.9 Å². The van der Waals surface area contributed by atoms with Crippen LogP contribution < -0.4 is 9.40 Å². The number of hydrogen-bond acceptors (Lipinski definition) is 6. The molecule has 10 nitrogen and oxygen atoms in total. The summed E-state index contributed by atoms with van der Waals surface area (Å²) in [7, 11) is -6.80. The molecule has 1 saturated carbocycles. The minimum atomic E-state index is -4.14. The first-order valence-electron chi connectivity index (χ1n) is 9.38. The molecule has 0 amide bonds. The lowest BCUT2D eigenvalue weighted by atomic mass is 9.93. The monoisotopic (exact) mass is 453 g/mol. The molecule has 162 valence electrons. The number of nitrogens with zero attached hydrogens (tertiary/aromatic N) is 4. The number of fused-ring (bicyclic) bond motifs is 1. The van der Waals surface area contributed by atoms with E-state index in [2.05, 4.69) is 10.1 Å². The normalized spacial score (nSPS) is 15.5. The number of aromatic amines is 1. The van der Waals surface area contributed by atoms with Gasteiger partial charge in [0.2, 0.25) is 20.0 Å². The van der Waals surface area contributed by atoms with Gasteiger partial charge in [-0.2, -0.15) is 5.10 Å². The molecule has 4 rings (SSSR count). The van der Waals surface area contributed by atoms with Crippen molar-refractivity contribution in [2.24, 2.45) is 7.05 Å². The largest absolute Gasteiger partial charge is 0.326 e. The Morgan fingerprint density at radius 3 is 2.30 bits per heavy atom. The van der Waals surface area contributed by atoms with E-state index < -0.39 is 20.0 Å². The van der Waals surface area contributed by atoms with Crippen molar-refractivity contribution in [3.63, 3.8) is 0 Å². The van der Waals surface area contributed by atoms with E-state index in [1.54, 1.807) is 29.7 Å². The standard InChI is InChI=1S/C18H23N5O5S2/c1-11-16(17(21(2)20-11)23(29(3,25)26)30(4,27)28)12-8-9-15-14(10-12)19-18(24)22(15)13-6-5-7-13/h8-10,13H,5-7H2,1-4H3,(H,19,24). The number of anilines is 1. The van der Waals surface area contributed by atoms with Gasteiger partial charge in [0.1, 0.15) is 0 Å². The molecule has 0 bridgehead atoms. The molecule has 0 saturated heterocycles. The second kappa shape index (κ2) is 6.71. The lowest BCUT2D eigenvalue weighted by molar-refractivity contribution is 0.314. The van der Waals surface area contributed by atoms with E-state index in [4.69, 9.17) is 0 Å². The number of rotatable bonds is 5. The topological polar surface area (TPSA) is 127 Å². The number of benzene rings is 1. The van der Waals surface area contributed by atoms with E-state index in [0.29, 0.717) is 26.0 Å². The van der Waals surface area contributed by atoms with Crippen LogP contribution in [0.2, 0.25) is 0 Å². The fraction of sp³-hybridized carbons (Fsp3) is 0.444. The molecule has 1 fully saturated rings. The predicted octanol–water partition coefficient (Wildman–Crippen LogP) is 1.49. The van der Waals surface area contributed by atoms with Crippen molar-refractivity contribution in [3.8, 4) is 11.1 Å². The van der Waals surface area contributed by atoms with Gasteiger partial charge in [-0.3, -0.25) is 9.25 Å². The van der Waals surface area contributed by atoms with E-state index in [1.807, 2.05) is 0 Å². The van der Waals surface area contributed by atoms with E-state index in [0.717, 1.165) is 37.3 Å². The number of aryl methyl sites for hydroxylation is 2. The van der Waals surface area contributed by atoms with Crippen LogP contribution in [0.25, 0.3) is 22.2 Å².